The topological polar surface area (TPSA) is 72.9 Å². The van der Waals surface area contributed by atoms with E-state index in [-0.39, 0.29) is 12.6 Å². The summed E-state index contributed by atoms with van der Waals surface area (Å²) in [5.74, 6) is -0.843. The van der Waals surface area contributed by atoms with Crippen molar-refractivity contribution in [1.29, 1.82) is 0 Å². The lowest BCUT2D eigenvalue weighted by atomic mass is 10.3. The van der Waals surface area contributed by atoms with E-state index in [4.69, 9.17) is 5.11 Å². The van der Waals surface area contributed by atoms with Crippen LogP contribution in [0.2, 0.25) is 0 Å². The number of amides is 2. The Morgan fingerprint density at radius 3 is 2.24 bits per heavy atom. The van der Waals surface area contributed by atoms with Crippen molar-refractivity contribution in [2.45, 2.75) is 0 Å². The molecule has 1 fully saturated rings. The minimum absolute atomic E-state index is 0.0191. The number of anilines is 1. The molecule has 1 aliphatic rings. The van der Waals surface area contributed by atoms with Crippen LogP contribution in [0.15, 0.2) is 27.1 Å². The van der Waals surface area contributed by atoms with Crippen LogP contribution >= 0.6 is 31.9 Å². The number of piperazine rings is 1. The van der Waals surface area contributed by atoms with E-state index >= 15 is 0 Å². The Labute approximate surface area is 139 Å². The van der Waals surface area contributed by atoms with Gasteiger partial charge < -0.3 is 15.3 Å². The van der Waals surface area contributed by atoms with E-state index in [1.807, 2.05) is 23.1 Å². The molecule has 21 heavy (non-hydrogen) atoms. The van der Waals surface area contributed by atoms with Crippen LogP contribution in [0.25, 0.3) is 0 Å². The van der Waals surface area contributed by atoms with Crippen LogP contribution in [0.1, 0.15) is 0 Å². The van der Waals surface area contributed by atoms with Crippen molar-refractivity contribution in [3.05, 3.63) is 27.1 Å². The fourth-order valence-corrected chi connectivity index (χ4v) is 3.30. The van der Waals surface area contributed by atoms with Crippen molar-refractivity contribution in [2.24, 2.45) is 0 Å². The number of nitrogens with one attached hydrogen (secondary N) is 1. The van der Waals surface area contributed by atoms with Crippen LogP contribution in [-0.2, 0) is 4.79 Å². The highest BCUT2D eigenvalue weighted by atomic mass is 79.9. The first-order chi connectivity index (χ1) is 9.97. The number of para-hydroxylation sites is 1. The third-order valence-corrected chi connectivity index (χ3v) is 4.53. The number of benzene rings is 1. The molecule has 114 valence electrons. The Morgan fingerprint density at radius 2 is 1.71 bits per heavy atom. The maximum atomic E-state index is 12.2. The zero-order valence-corrected chi connectivity index (χ0v) is 14.4. The summed E-state index contributed by atoms with van der Waals surface area (Å²) in [6, 6.07) is 5.39. The molecule has 2 amide bonds. The van der Waals surface area contributed by atoms with E-state index in [1.54, 1.807) is 4.90 Å². The van der Waals surface area contributed by atoms with Gasteiger partial charge in [0.2, 0.25) is 0 Å². The van der Waals surface area contributed by atoms with Gasteiger partial charge in [0.25, 0.3) is 0 Å². The lowest BCUT2D eigenvalue weighted by molar-refractivity contribution is -0.138. The summed E-state index contributed by atoms with van der Waals surface area (Å²) in [4.78, 5) is 26.4. The molecule has 0 spiro atoms. The average molecular weight is 421 g/mol. The normalized spacial score (nSPS) is 15.8. The zero-order valence-electron chi connectivity index (χ0n) is 11.2. The standard InChI is InChI=1S/C13H15Br2N3O3/c14-9-2-1-3-10(15)12(9)16-13(21)18-6-4-17(5-7-18)8-11(19)20/h1-3H,4-8H2,(H,16,21)(H,19,20). The minimum atomic E-state index is -0.843. The van der Waals surface area contributed by atoms with Crippen LogP contribution in [0.3, 0.4) is 0 Å². The first kappa shape index (κ1) is 16.3. The predicted octanol–water partition coefficient (Wildman–Crippen LogP) is 2.45. The van der Waals surface area contributed by atoms with Gasteiger partial charge in [0.15, 0.2) is 0 Å². The highest BCUT2D eigenvalue weighted by Gasteiger charge is 2.23. The van der Waals surface area contributed by atoms with Gasteiger partial charge in [-0.25, -0.2) is 4.79 Å². The third-order valence-electron chi connectivity index (χ3n) is 3.21. The Balaban J connectivity index is 1.92. The van der Waals surface area contributed by atoms with E-state index in [0.29, 0.717) is 31.9 Å². The van der Waals surface area contributed by atoms with Crippen LogP contribution < -0.4 is 5.32 Å². The van der Waals surface area contributed by atoms with Gasteiger partial charge in [0.1, 0.15) is 0 Å². The van der Waals surface area contributed by atoms with Crippen molar-refractivity contribution in [3.8, 4) is 0 Å². The molecular weight excluding hydrogens is 406 g/mol. The summed E-state index contributed by atoms with van der Waals surface area (Å²) in [5.41, 5.74) is 0.690. The first-order valence-electron chi connectivity index (χ1n) is 6.41. The number of rotatable bonds is 3. The van der Waals surface area contributed by atoms with Crippen molar-refractivity contribution in [3.63, 3.8) is 0 Å². The van der Waals surface area contributed by atoms with Gasteiger partial charge in [0.05, 0.1) is 12.2 Å². The largest absolute Gasteiger partial charge is 0.480 e. The minimum Gasteiger partial charge on any atom is -0.480 e. The number of hydrogen-bond donors (Lipinski definition) is 2. The Hall–Kier alpha value is -1.12. The second-order valence-corrected chi connectivity index (χ2v) is 6.39. The summed E-state index contributed by atoms with van der Waals surface area (Å²) < 4.78 is 1.60. The molecule has 1 aliphatic heterocycles. The Kier molecular flexibility index (Phi) is 5.60. The number of nitrogens with zero attached hydrogens (tertiary/aromatic N) is 2. The predicted molar refractivity (Wildman–Crippen MR) is 86.5 cm³/mol. The van der Waals surface area contributed by atoms with Gasteiger partial charge in [-0.1, -0.05) is 6.07 Å². The number of carboxylic acid groups (broad SMARTS) is 1. The molecule has 0 aliphatic carbocycles. The number of halogens is 2. The average Bonchev–Trinajstić information content (AvgIpc) is 2.43. The second-order valence-electron chi connectivity index (χ2n) is 4.68. The molecule has 0 bridgehead atoms. The number of aliphatic carboxylic acids is 1. The van der Waals surface area contributed by atoms with E-state index in [0.717, 1.165) is 8.95 Å². The van der Waals surface area contributed by atoms with E-state index in [1.165, 1.54) is 0 Å². The summed E-state index contributed by atoms with van der Waals surface area (Å²) in [6.07, 6.45) is 0. The number of hydrogen-bond acceptors (Lipinski definition) is 3. The highest BCUT2D eigenvalue weighted by molar-refractivity contribution is 9.11. The van der Waals surface area contributed by atoms with Gasteiger partial charge in [-0.2, -0.15) is 0 Å². The summed E-state index contributed by atoms with van der Waals surface area (Å²) in [5, 5.41) is 11.6. The molecule has 0 atom stereocenters. The fourth-order valence-electron chi connectivity index (χ4n) is 2.10. The molecule has 0 saturated carbocycles. The molecule has 2 N–H and O–H groups in total. The zero-order chi connectivity index (χ0) is 15.4. The number of carbonyl (C=O) groups excluding carboxylic acids is 1. The SMILES string of the molecule is O=C(O)CN1CCN(C(=O)Nc2c(Br)cccc2Br)CC1. The molecule has 6 nitrogen and oxygen atoms in total. The molecule has 0 unspecified atom stereocenters. The summed E-state index contributed by atoms with van der Waals surface area (Å²) in [7, 11) is 0. The lowest BCUT2D eigenvalue weighted by Crippen LogP contribution is -2.51. The monoisotopic (exact) mass is 419 g/mol. The van der Waals surface area contributed by atoms with Gasteiger partial charge in [-0.15, -0.1) is 0 Å². The quantitative estimate of drug-likeness (QED) is 0.787. The summed E-state index contributed by atoms with van der Waals surface area (Å²) in [6.45, 7) is 2.18. The third kappa shape index (κ3) is 4.42. The van der Waals surface area contributed by atoms with E-state index < -0.39 is 5.97 Å². The highest BCUT2D eigenvalue weighted by Crippen LogP contribution is 2.30. The molecule has 0 radical (unpaired) electrons. The molecule has 8 heteroatoms. The molecule has 2 rings (SSSR count). The summed E-state index contributed by atoms with van der Waals surface area (Å²) >= 11 is 6.80. The molecule has 1 aromatic carbocycles. The van der Waals surface area contributed by atoms with Gasteiger partial charge in [-0.3, -0.25) is 9.69 Å². The molecule has 1 saturated heterocycles. The van der Waals surface area contributed by atoms with Gasteiger partial charge >= 0.3 is 12.0 Å². The van der Waals surface area contributed by atoms with Gasteiger partial charge in [0, 0.05) is 35.1 Å². The van der Waals surface area contributed by atoms with Crippen LogP contribution in [0.4, 0.5) is 10.5 Å². The fraction of sp³-hybridized carbons (Fsp3) is 0.385. The Bertz CT molecular complexity index is 525. The van der Waals surface area contributed by atoms with Crippen molar-refractivity contribution in [2.75, 3.05) is 38.0 Å². The van der Waals surface area contributed by atoms with Crippen molar-refractivity contribution >= 4 is 49.5 Å². The molecule has 1 aromatic rings. The molecule has 1 heterocycles. The van der Waals surface area contributed by atoms with Crippen LogP contribution in [0, 0.1) is 0 Å². The van der Waals surface area contributed by atoms with Crippen molar-refractivity contribution in [1.82, 2.24) is 9.80 Å². The lowest BCUT2D eigenvalue weighted by Gasteiger charge is -2.33. The number of urea groups is 1. The maximum absolute atomic E-state index is 12.2. The first-order valence-corrected chi connectivity index (χ1v) is 8.00. The van der Waals surface area contributed by atoms with Crippen LogP contribution in [0.5, 0.6) is 0 Å². The molecule has 0 aromatic heterocycles. The van der Waals surface area contributed by atoms with Crippen LogP contribution in [-0.4, -0.2) is 59.6 Å². The number of carbonyl (C=O) groups is 2. The number of carboxylic acids is 1. The smallest absolute Gasteiger partial charge is 0.321 e. The molecular formula is C13H15Br2N3O3. The van der Waals surface area contributed by atoms with E-state index in [9.17, 15) is 9.59 Å². The van der Waals surface area contributed by atoms with Crippen molar-refractivity contribution < 1.29 is 14.7 Å². The Morgan fingerprint density at radius 1 is 1.14 bits per heavy atom. The maximum Gasteiger partial charge on any atom is 0.321 e. The van der Waals surface area contributed by atoms with E-state index in [2.05, 4.69) is 37.2 Å². The van der Waals surface area contributed by atoms with Gasteiger partial charge in [-0.05, 0) is 44.0 Å². The second kappa shape index (κ2) is 7.24.